The van der Waals surface area contributed by atoms with Crippen LogP contribution < -0.4 is 0 Å². The smallest absolute Gasteiger partial charge is 0.350 e. The Hall–Kier alpha value is -3.07. The molecule has 26 heavy (non-hydrogen) atoms. The Morgan fingerprint density at radius 3 is 2.73 bits per heavy atom. The van der Waals surface area contributed by atoms with Crippen molar-refractivity contribution in [3.05, 3.63) is 53.2 Å². The van der Waals surface area contributed by atoms with Crippen LogP contribution in [0.4, 0.5) is 0 Å². The van der Waals surface area contributed by atoms with Crippen LogP contribution in [0, 0.1) is 6.92 Å². The minimum absolute atomic E-state index is 0.304. The highest BCUT2D eigenvalue weighted by Crippen LogP contribution is 2.25. The molecule has 3 heterocycles. The van der Waals surface area contributed by atoms with E-state index in [2.05, 4.69) is 15.0 Å². The van der Waals surface area contributed by atoms with Crippen molar-refractivity contribution in [1.82, 2.24) is 19.9 Å². The minimum Gasteiger partial charge on any atom is -0.467 e. The molecule has 0 radical (unpaired) electrons. The van der Waals surface area contributed by atoms with Crippen LogP contribution in [0.25, 0.3) is 10.8 Å². The fourth-order valence-electron chi connectivity index (χ4n) is 2.12. The molecular formula is C17H16N4O4S. The molecule has 0 saturated heterocycles. The number of amides is 1. The fourth-order valence-corrected chi connectivity index (χ4v) is 3.03. The van der Waals surface area contributed by atoms with Gasteiger partial charge in [0.2, 0.25) is 0 Å². The first-order valence-electron chi connectivity index (χ1n) is 7.73. The summed E-state index contributed by atoms with van der Waals surface area (Å²) in [5.41, 5.74) is 0.513. The number of ether oxygens (including phenoxy) is 1. The topological polar surface area (TPSA) is 98.4 Å². The Morgan fingerprint density at radius 1 is 1.27 bits per heavy atom. The average Bonchev–Trinajstić information content (AvgIpc) is 3.29. The van der Waals surface area contributed by atoms with E-state index in [1.54, 1.807) is 44.6 Å². The maximum Gasteiger partial charge on any atom is 0.350 e. The summed E-state index contributed by atoms with van der Waals surface area (Å²) in [4.78, 5) is 38.6. The predicted octanol–water partition coefficient (Wildman–Crippen LogP) is 2.32. The van der Waals surface area contributed by atoms with Crippen molar-refractivity contribution < 1.29 is 18.7 Å². The van der Waals surface area contributed by atoms with Crippen molar-refractivity contribution in [2.24, 2.45) is 0 Å². The van der Waals surface area contributed by atoms with E-state index in [1.807, 2.05) is 0 Å². The lowest BCUT2D eigenvalue weighted by atomic mass is 10.4. The molecule has 0 N–H and O–H groups in total. The van der Waals surface area contributed by atoms with Gasteiger partial charge < -0.3 is 14.1 Å². The zero-order valence-corrected chi connectivity index (χ0v) is 15.0. The van der Waals surface area contributed by atoms with Gasteiger partial charge in [0.1, 0.15) is 10.6 Å². The van der Waals surface area contributed by atoms with E-state index in [-0.39, 0.29) is 12.5 Å². The number of aryl methyl sites for hydroxylation is 1. The Morgan fingerprint density at radius 2 is 2.04 bits per heavy atom. The van der Waals surface area contributed by atoms with E-state index < -0.39 is 5.97 Å². The third-order valence-corrected chi connectivity index (χ3v) is 4.60. The van der Waals surface area contributed by atoms with Gasteiger partial charge in [-0.2, -0.15) is 0 Å². The first-order chi connectivity index (χ1) is 12.5. The Bertz CT molecular complexity index is 893. The van der Waals surface area contributed by atoms with E-state index in [4.69, 9.17) is 9.15 Å². The summed E-state index contributed by atoms with van der Waals surface area (Å²) in [5, 5.41) is 0.524. The molecule has 0 bridgehead atoms. The van der Waals surface area contributed by atoms with E-state index in [1.165, 1.54) is 11.2 Å². The van der Waals surface area contributed by atoms with E-state index >= 15 is 0 Å². The Kier molecular flexibility index (Phi) is 5.37. The van der Waals surface area contributed by atoms with Crippen molar-refractivity contribution in [1.29, 1.82) is 0 Å². The molecule has 0 aromatic carbocycles. The molecule has 8 nitrogen and oxygen atoms in total. The van der Waals surface area contributed by atoms with Crippen LogP contribution in [0.3, 0.4) is 0 Å². The highest BCUT2D eigenvalue weighted by molar-refractivity contribution is 7.16. The second-order valence-corrected chi connectivity index (χ2v) is 6.41. The van der Waals surface area contributed by atoms with Gasteiger partial charge in [0, 0.05) is 19.4 Å². The summed E-state index contributed by atoms with van der Waals surface area (Å²) < 4.78 is 10.3. The standard InChI is InChI=1S/C17H16N4O4S/c1-11-14(26-16(20-11)15-18-6-4-7-19-15)17(23)25-10-13(22)21(2)9-12-5-3-8-24-12/h3-8H,9-10H2,1-2H3. The van der Waals surface area contributed by atoms with Crippen LogP contribution in [0.1, 0.15) is 21.1 Å². The van der Waals surface area contributed by atoms with Crippen LogP contribution in [0.15, 0.2) is 41.3 Å². The van der Waals surface area contributed by atoms with Crippen LogP contribution in [-0.2, 0) is 16.1 Å². The molecule has 0 unspecified atom stereocenters. The molecule has 0 aliphatic rings. The van der Waals surface area contributed by atoms with Crippen LogP contribution in [0.2, 0.25) is 0 Å². The van der Waals surface area contributed by atoms with Gasteiger partial charge in [-0.25, -0.2) is 19.7 Å². The zero-order chi connectivity index (χ0) is 18.5. The van der Waals surface area contributed by atoms with Gasteiger partial charge in [-0.05, 0) is 25.1 Å². The number of furan rings is 1. The lowest BCUT2D eigenvalue weighted by Crippen LogP contribution is -2.30. The number of likely N-dealkylation sites (N-methyl/N-ethyl adjacent to an activating group) is 1. The quantitative estimate of drug-likeness (QED) is 0.612. The van der Waals surface area contributed by atoms with Gasteiger partial charge >= 0.3 is 5.97 Å². The van der Waals surface area contributed by atoms with Gasteiger partial charge in [0.15, 0.2) is 17.4 Å². The summed E-state index contributed by atoms with van der Waals surface area (Å²) >= 11 is 1.13. The lowest BCUT2D eigenvalue weighted by molar-refractivity contribution is -0.133. The number of esters is 1. The SMILES string of the molecule is Cc1nc(-c2ncccn2)sc1C(=O)OCC(=O)N(C)Cc1ccco1. The van der Waals surface area contributed by atoms with E-state index in [0.717, 1.165) is 11.3 Å². The number of aromatic nitrogens is 3. The van der Waals surface area contributed by atoms with Gasteiger partial charge in [-0.15, -0.1) is 11.3 Å². The number of hydrogen-bond acceptors (Lipinski definition) is 8. The lowest BCUT2D eigenvalue weighted by Gasteiger charge is -2.15. The third-order valence-electron chi connectivity index (χ3n) is 3.46. The second-order valence-electron chi connectivity index (χ2n) is 5.41. The molecule has 3 aromatic heterocycles. The molecule has 134 valence electrons. The summed E-state index contributed by atoms with van der Waals surface area (Å²) in [6, 6.07) is 5.21. The number of nitrogens with zero attached hydrogens (tertiary/aromatic N) is 4. The van der Waals surface area contributed by atoms with Gasteiger partial charge in [-0.1, -0.05) is 0 Å². The molecule has 0 aliphatic carbocycles. The molecule has 3 rings (SSSR count). The number of thiazole rings is 1. The van der Waals surface area contributed by atoms with Crippen molar-refractivity contribution in [2.75, 3.05) is 13.7 Å². The van der Waals surface area contributed by atoms with Crippen molar-refractivity contribution in [3.63, 3.8) is 0 Å². The summed E-state index contributed by atoms with van der Waals surface area (Å²) in [7, 11) is 1.61. The van der Waals surface area contributed by atoms with Crippen molar-refractivity contribution >= 4 is 23.2 Å². The highest BCUT2D eigenvalue weighted by atomic mass is 32.1. The summed E-state index contributed by atoms with van der Waals surface area (Å²) in [5.74, 6) is 0.164. The van der Waals surface area contributed by atoms with Crippen LogP contribution >= 0.6 is 11.3 Å². The van der Waals surface area contributed by atoms with Crippen LogP contribution in [0.5, 0.6) is 0 Å². The Labute approximate surface area is 153 Å². The maximum atomic E-state index is 12.3. The van der Waals surface area contributed by atoms with Gasteiger partial charge in [-0.3, -0.25) is 4.79 Å². The van der Waals surface area contributed by atoms with Crippen molar-refractivity contribution in [3.8, 4) is 10.8 Å². The molecular weight excluding hydrogens is 356 g/mol. The second kappa shape index (κ2) is 7.87. The molecule has 0 saturated carbocycles. The van der Waals surface area contributed by atoms with Crippen molar-refractivity contribution in [2.45, 2.75) is 13.5 Å². The summed E-state index contributed by atoms with van der Waals surface area (Å²) in [6.45, 7) is 1.65. The molecule has 1 amide bonds. The molecule has 9 heteroatoms. The normalized spacial score (nSPS) is 10.5. The van der Waals surface area contributed by atoms with E-state index in [9.17, 15) is 9.59 Å². The highest BCUT2D eigenvalue weighted by Gasteiger charge is 2.20. The fraction of sp³-hybridized carbons (Fsp3) is 0.235. The number of hydrogen-bond donors (Lipinski definition) is 0. The first-order valence-corrected chi connectivity index (χ1v) is 8.54. The predicted molar refractivity (Wildman–Crippen MR) is 93.3 cm³/mol. The first kappa shape index (κ1) is 17.7. The number of rotatable bonds is 6. The van der Waals surface area contributed by atoms with Gasteiger partial charge in [0.25, 0.3) is 5.91 Å². The molecule has 0 spiro atoms. The third kappa shape index (κ3) is 4.12. The summed E-state index contributed by atoms with van der Waals surface area (Å²) in [6.07, 6.45) is 4.74. The molecule has 0 aliphatic heterocycles. The monoisotopic (exact) mass is 372 g/mol. The minimum atomic E-state index is -0.595. The molecule has 0 fully saturated rings. The largest absolute Gasteiger partial charge is 0.467 e. The maximum absolute atomic E-state index is 12.3. The Balaban J connectivity index is 1.60. The molecule has 3 aromatic rings. The number of carbonyl (C=O) groups is 2. The average molecular weight is 372 g/mol. The van der Waals surface area contributed by atoms with Gasteiger partial charge in [0.05, 0.1) is 18.5 Å². The van der Waals surface area contributed by atoms with Crippen LogP contribution in [-0.4, -0.2) is 45.4 Å². The zero-order valence-electron chi connectivity index (χ0n) is 14.2. The molecule has 0 atom stereocenters. The number of carbonyl (C=O) groups excluding carboxylic acids is 2. The van der Waals surface area contributed by atoms with E-state index in [0.29, 0.717) is 33.7 Å².